The van der Waals surface area contributed by atoms with Crippen LogP contribution >= 0.6 is 0 Å². The van der Waals surface area contributed by atoms with Gasteiger partial charge in [0.05, 0.1) is 0 Å². The maximum Gasteiger partial charge on any atom is 0 e. The first-order chi connectivity index (χ1) is 0. The van der Waals surface area contributed by atoms with E-state index in [4.69, 9.17) is 0 Å². The van der Waals surface area contributed by atoms with Gasteiger partial charge in [-0.15, -0.1) is 0 Å². The van der Waals surface area contributed by atoms with E-state index in [2.05, 4.69) is 0 Å². The second kappa shape index (κ2) is 180. The van der Waals surface area contributed by atoms with E-state index in [0.29, 0.717) is 0 Å². The van der Waals surface area contributed by atoms with E-state index in [9.17, 15) is 0 Å². The van der Waals surface area contributed by atoms with Crippen molar-refractivity contribution in [2.75, 3.05) is 0 Å². The molecule has 0 aromatic rings. The molecule has 0 saturated carbocycles. The quantitative estimate of drug-likeness (QED) is 0.455. The standard InChI is InChI=1S/CH4.Mo.3O/h1H4;;;;/q;;3*-2. The minimum Gasteiger partial charge on any atom is -2.00 e. The van der Waals surface area contributed by atoms with Crippen molar-refractivity contribution in [3.8, 4) is 0 Å². The second-order valence-corrected chi connectivity index (χ2v) is 0. The molecular weight excluding hydrogens is 156 g/mol. The Balaban J connectivity index is 0. The Kier molecular flexibility index (Phi) is 13000. The van der Waals surface area contributed by atoms with Gasteiger partial charge in [0.1, 0.15) is 0 Å². The fourth-order valence-corrected chi connectivity index (χ4v) is 0. The molecule has 0 aliphatic carbocycles. The Morgan fingerprint density at radius 1 is 0.600 bits per heavy atom. The van der Waals surface area contributed by atoms with Gasteiger partial charge in [0.2, 0.25) is 0 Å². The molecular formula is CH4MoO3-6. The third kappa shape index (κ3) is 93.3. The molecule has 5 heavy (non-hydrogen) atoms. The van der Waals surface area contributed by atoms with Crippen molar-refractivity contribution in [1.29, 1.82) is 0 Å². The van der Waals surface area contributed by atoms with E-state index >= 15 is 0 Å². The van der Waals surface area contributed by atoms with Gasteiger partial charge in [-0.25, -0.2) is 0 Å². The first-order valence-electron chi connectivity index (χ1n) is 0. The summed E-state index contributed by atoms with van der Waals surface area (Å²) in [4.78, 5) is 0. The molecule has 0 saturated heterocycles. The minimum atomic E-state index is 0. The first kappa shape index (κ1) is 360. The van der Waals surface area contributed by atoms with Gasteiger partial charge in [0.25, 0.3) is 0 Å². The van der Waals surface area contributed by atoms with Crippen LogP contribution in [0, 0.1) is 0 Å². The smallest absolute Gasteiger partial charge is 0 e. The predicted molar refractivity (Wildman–Crippen MR) is 8.79 cm³/mol. The van der Waals surface area contributed by atoms with Crippen LogP contribution in [0.25, 0.3) is 0 Å². The van der Waals surface area contributed by atoms with Gasteiger partial charge < -0.3 is 16.4 Å². The monoisotopic (exact) mass is 162 g/mol. The molecule has 0 amide bonds. The maximum atomic E-state index is 0. The van der Waals surface area contributed by atoms with E-state index in [-0.39, 0.29) is 44.9 Å². The molecule has 0 spiro atoms. The van der Waals surface area contributed by atoms with E-state index in [1.165, 1.54) is 0 Å². The Bertz CT molecular complexity index is 6.85. The van der Waals surface area contributed by atoms with Crippen molar-refractivity contribution in [2.45, 2.75) is 7.43 Å². The average molecular weight is 160 g/mol. The molecule has 0 aliphatic heterocycles. The summed E-state index contributed by atoms with van der Waals surface area (Å²) >= 11 is 0. The van der Waals surface area contributed by atoms with Crippen LogP contribution in [-0.4, -0.2) is 0 Å². The van der Waals surface area contributed by atoms with Gasteiger partial charge in [0.15, 0.2) is 0 Å². The molecule has 0 bridgehead atoms. The van der Waals surface area contributed by atoms with E-state index in [0.717, 1.165) is 0 Å². The van der Waals surface area contributed by atoms with E-state index in [1.54, 1.807) is 0 Å². The molecule has 4 heteroatoms. The van der Waals surface area contributed by atoms with Gasteiger partial charge in [0, 0.05) is 21.1 Å². The summed E-state index contributed by atoms with van der Waals surface area (Å²) in [5, 5.41) is 0. The predicted octanol–water partition coefficient (Wildman–Crippen LogP) is 0.277. The molecule has 0 rings (SSSR count). The molecule has 3 nitrogen and oxygen atoms in total. The minimum absolute atomic E-state index is 0. The van der Waals surface area contributed by atoms with Crippen LogP contribution in [0.1, 0.15) is 7.43 Å². The van der Waals surface area contributed by atoms with Crippen molar-refractivity contribution in [3.05, 3.63) is 0 Å². The molecule has 0 radical (unpaired) electrons. The van der Waals surface area contributed by atoms with Crippen LogP contribution in [0.5, 0.6) is 0 Å². The third-order valence-corrected chi connectivity index (χ3v) is 0. The van der Waals surface area contributed by atoms with E-state index in [1.807, 2.05) is 0 Å². The zero-order valence-corrected chi connectivity index (χ0v) is 3.64. The zero-order valence-electron chi connectivity index (χ0n) is 1.63. The fraction of sp³-hybridized carbons (Fsp3) is 1.00. The van der Waals surface area contributed by atoms with Crippen LogP contribution in [0.4, 0.5) is 0 Å². The van der Waals surface area contributed by atoms with Crippen molar-refractivity contribution in [1.82, 2.24) is 0 Å². The topological polar surface area (TPSA) is 85.5 Å². The average Bonchev–Trinajstić information content (AvgIpc) is 0. The summed E-state index contributed by atoms with van der Waals surface area (Å²) in [6, 6.07) is 0. The van der Waals surface area contributed by atoms with Gasteiger partial charge in [-0.3, -0.25) is 0 Å². The molecule has 0 aromatic carbocycles. The number of hydrogen-bond acceptors (Lipinski definition) is 0. The summed E-state index contributed by atoms with van der Waals surface area (Å²) < 4.78 is 0. The van der Waals surface area contributed by atoms with Crippen LogP contribution in [0.3, 0.4) is 0 Å². The van der Waals surface area contributed by atoms with Crippen LogP contribution in [0.15, 0.2) is 0 Å². The Hall–Kier alpha value is 0.568. The van der Waals surface area contributed by atoms with Gasteiger partial charge in [-0.05, 0) is 0 Å². The first-order valence-corrected chi connectivity index (χ1v) is 0. The van der Waals surface area contributed by atoms with Crippen LogP contribution < -0.4 is 0 Å². The van der Waals surface area contributed by atoms with Gasteiger partial charge >= 0.3 is 0 Å². The normalized spacial score (nSPS) is 0. The fourth-order valence-electron chi connectivity index (χ4n) is 0. The largest absolute Gasteiger partial charge is 2.00 e. The van der Waals surface area contributed by atoms with Gasteiger partial charge in [-0.2, -0.15) is 0 Å². The van der Waals surface area contributed by atoms with Crippen LogP contribution in [-0.2, 0) is 37.5 Å². The van der Waals surface area contributed by atoms with E-state index < -0.39 is 0 Å². The SMILES string of the molecule is C.[Mo].[O-2].[O-2].[O-2]. The molecule has 0 atom stereocenters. The zero-order chi connectivity index (χ0) is 0. The molecule has 0 N–H and O–H groups in total. The van der Waals surface area contributed by atoms with Gasteiger partial charge in [-0.1, -0.05) is 7.43 Å². The molecule has 0 aliphatic rings. The van der Waals surface area contributed by atoms with Crippen molar-refractivity contribution >= 4 is 0 Å². The van der Waals surface area contributed by atoms with Crippen molar-refractivity contribution < 1.29 is 37.5 Å². The summed E-state index contributed by atoms with van der Waals surface area (Å²) in [7, 11) is 0. The summed E-state index contributed by atoms with van der Waals surface area (Å²) in [6.45, 7) is 0. The van der Waals surface area contributed by atoms with Crippen molar-refractivity contribution in [2.24, 2.45) is 0 Å². The molecule has 0 unspecified atom stereocenters. The second-order valence-electron chi connectivity index (χ2n) is 0. The summed E-state index contributed by atoms with van der Waals surface area (Å²) in [6.07, 6.45) is 0. The van der Waals surface area contributed by atoms with Crippen LogP contribution in [0.2, 0.25) is 0 Å². The third-order valence-electron chi connectivity index (χ3n) is 0. The molecule has 0 heterocycles. The molecule has 0 fully saturated rings. The maximum absolute atomic E-state index is 0. The number of rotatable bonds is 0. The molecule has 0 aromatic heterocycles. The Morgan fingerprint density at radius 3 is 0.600 bits per heavy atom. The van der Waals surface area contributed by atoms with Crippen molar-refractivity contribution in [3.63, 3.8) is 0 Å². The molecule has 38 valence electrons. The number of hydrogen-bond donors (Lipinski definition) is 0. The summed E-state index contributed by atoms with van der Waals surface area (Å²) in [5.41, 5.74) is 0. The Morgan fingerprint density at radius 2 is 0.600 bits per heavy atom. The Labute approximate surface area is 45.6 Å². The summed E-state index contributed by atoms with van der Waals surface area (Å²) in [5.74, 6) is 0.